The molecule has 0 unspecified atom stereocenters. The van der Waals surface area contributed by atoms with Gasteiger partial charge in [-0.05, 0) is 24.6 Å². The molecule has 6 nitrogen and oxygen atoms in total. The van der Waals surface area contributed by atoms with E-state index in [4.69, 9.17) is 16.3 Å². The summed E-state index contributed by atoms with van der Waals surface area (Å²) in [6.45, 7) is 3.84. The minimum Gasteiger partial charge on any atom is -0.375 e. The third-order valence-electron chi connectivity index (χ3n) is 3.14. The van der Waals surface area contributed by atoms with Crippen LogP contribution in [-0.4, -0.2) is 35.0 Å². The average Bonchev–Trinajstić information content (AvgIpc) is 3.01. The number of benzene rings is 1. The summed E-state index contributed by atoms with van der Waals surface area (Å²) < 4.78 is 7.28. The van der Waals surface area contributed by atoms with Crippen molar-refractivity contribution in [2.45, 2.75) is 26.1 Å². The largest absolute Gasteiger partial charge is 0.375 e. The molecule has 2 aromatic rings. The van der Waals surface area contributed by atoms with Gasteiger partial charge in [0.2, 0.25) is 0 Å². The molecule has 1 aromatic carbocycles. The first-order valence-electron chi connectivity index (χ1n) is 7.48. The van der Waals surface area contributed by atoms with Crippen LogP contribution in [0.5, 0.6) is 0 Å². The number of carbonyl (C=O) groups is 1. The number of ether oxygens (including phenoxy) is 1. The number of amides is 2. The zero-order valence-electron chi connectivity index (χ0n) is 13.0. The fourth-order valence-electron chi connectivity index (χ4n) is 2.04. The lowest BCUT2D eigenvalue weighted by atomic mass is 10.2. The molecular weight excluding hydrogens is 316 g/mol. The minimum absolute atomic E-state index is 0.0149. The maximum absolute atomic E-state index is 11.7. The Balaban J connectivity index is 1.57. The van der Waals surface area contributed by atoms with Gasteiger partial charge in [-0.25, -0.2) is 4.79 Å². The molecule has 7 heteroatoms. The van der Waals surface area contributed by atoms with E-state index in [1.165, 1.54) is 0 Å². The van der Waals surface area contributed by atoms with Crippen molar-refractivity contribution in [3.8, 4) is 0 Å². The summed E-state index contributed by atoms with van der Waals surface area (Å²) in [6, 6.07) is 9.15. The Morgan fingerprint density at radius 2 is 2.22 bits per heavy atom. The Bertz CT molecular complexity index is 604. The number of carbonyl (C=O) groups excluding carboxylic acids is 1. The summed E-state index contributed by atoms with van der Waals surface area (Å²) >= 11 is 6.04. The predicted octanol–water partition coefficient (Wildman–Crippen LogP) is 2.44. The van der Waals surface area contributed by atoms with Crippen molar-refractivity contribution in [3.63, 3.8) is 0 Å². The van der Waals surface area contributed by atoms with Crippen LogP contribution in [0.3, 0.4) is 0 Å². The average molecular weight is 337 g/mol. The van der Waals surface area contributed by atoms with Crippen LogP contribution >= 0.6 is 11.6 Å². The second-order valence-electron chi connectivity index (χ2n) is 5.17. The fraction of sp³-hybridized carbons (Fsp3) is 0.375. The molecule has 1 atom stereocenters. The second kappa shape index (κ2) is 9.17. The van der Waals surface area contributed by atoms with Crippen molar-refractivity contribution < 1.29 is 9.53 Å². The van der Waals surface area contributed by atoms with E-state index in [0.717, 1.165) is 5.56 Å². The summed E-state index contributed by atoms with van der Waals surface area (Å²) in [7, 11) is 0. The summed E-state index contributed by atoms with van der Waals surface area (Å²) in [5, 5.41) is 10.4. The number of halogens is 1. The molecule has 2 N–H and O–H groups in total. The number of urea groups is 1. The first-order valence-corrected chi connectivity index (χ1v) is 7.86. The van der Waals surface area contributed by atoms with Crippen LogP contribution in [0.2, 0.25) is 5.02 Å². The molecule has 23 heavy (non-hydrogen) atoms. The van der Waals surface area contributed by atoms with Gasteiger partial charge in [-0.15, -0.1) is 0 Å². The Labute approximate surface area is 140 Å². The fourth-order valence-corrected chi connectivity index (χ4v) is 2.23. The molecule has 2 rings (SSSR count). The van der Waals surface area contributed by atoms with E-state index in [-0.39, 0.29) is 12.1 Å². The van der Waals surface area contributed by atoms with Crippen molar-refractivity contribution in [3.05, 3.63) is 53.3 Å². The Kier molecular flexibility index (Phi) is 6.90. The van der Waals surface area contributed by atoms with Crippen molar-refractivity contribution in [2.75, 3.05) is 13.2 Å². The van der Waals surface area contributed by atoms with Crippen LogP contribution in [0.4, 0.5) is 4.79 Å². The summed E-state index contributed by atoms with van der Waals surface area (Å²) in [6.07, 6.45) is 3.57. The highest BCUT2D eigenvalue weighted by Gasteiger charge is 2.07. The predicted molar refractivity (Wildman–Crippen MR) is 89.3 cm³/mol. The third kappa shape index (κ3) is 6.30. The highest BCUT2D eigenvalue weighted by molar-refractivity contribution is 6.31. The van der Waals surface area contributed by atoms with E-state index < -0.39 is 0 Å². The standard InChI is InChI=1S/C16H21ClN4O2/c1-13(11-21-9-4-7-19-21)20-16(22)18-8-10-23-12-14-5-2-3-6-15(14)17/h2-7,9,13H,8,10-12H2,1H3,(H2,18,20,22)/t13-/m1/s1. The molecule has 0 saturated heterocycles. The quantitative estimate of drug-likeness (QED) is 0.727. The van der Waals surface area contributed by atoms with Gasteiger partial charge in [-0.2, -0.15) is 5.10 Å². The maximum Gasteiger partial charge on any atom is 0.315 e. The van der Waals surface area contributed by atoms with Crippen LogP contribution in [0.15, 0.2) is 42.7 Å². The lowest BCUT2D eigenvalue weighted by Gasteiger charge is -2.14. The van der Waals surface area contributed by atoms with Gasteiger partial charge in [0.15, 0.2) is 0 Å². The highest BCUT2D eigenvalue weighted by Crippen LogP contribution is 2.15. The van der Waals surface area contributed by atoms with Gasteiger partial charge in [0.25, 0.3) is 0 Å². The number of hydrogen-bond donors (Lipinski definition) is 2. The van der Waals surface area contributed by atoms with Crippen LogP contribution in [0.1, 0.15) is 12.5 Å². The molecular formula is C16H21ClN4O2. The second-order valence-corrected chi connectivity index (χ2v) is 5.58. The molecule has 2 amide bonds. The van der Waals surface area contributed by atoms with Crippen LogP contribution in [0.25, 0.3) is 0 Å². The van der Waals surface area contributed by atoms with Crippen molar-refractivity contribution in [2.24, 2.45) is 0 Å². The first kappa shape index (κ1) is 17.3. The van der Waals surface area contributed by atoms with E-state index in [9.17, 15) is 4.79 Å². The van der Waals surface area contributed by atoms with Crippen molar-refractivity contribution >= 4 is 17.6 Å². The normalized spacial score (nSPS) is 11.9. The van der Waals surface area contributed by atoms with E-state index in [0.29, 0.717) is 31.3 Å². The van der Waals surface area contributed by atoms with Crippen LogP contribution < -0.4 is 10.6 Å². The van der Waals surface area contributed by atoms with Gasteiger partial charge in [-0.3, -0.25) is 4.68 Å². The molecule has 0 bridgehead atoms. The van der Waals surface area contributed by atoms with Gasteiger partial charge in [0.1, 0.15) is 0 Å². The Morgan fingerprint density at radius 3 is 2.96 bits per heavy atom. The summed E-state index contributed by atoms with van der Waals surface area (Å²) in [5.41, 5.74) is 0.937. The SMILES string of the molecule is C[C@H](Cn1cccn1)NC(=O)NCCOCc1ccccc1Cl. The summed E-state index contributed by atoms with van der Waals surface area (Å²) in [4.78, 5) is 11.7. The lowest BCUT2D eigenvalue weighted by Crippen LogP contribution is -2.43. The Hall–Kier alpha value is -2.05. The monoisotopic (exact) mass is 336 g/mol. The number of aromatic nitrogens is 2. The van der Waals surface area contributed by atoms with E-state index in [2.05, 4.69) is 15.7 Å². The minimum atomic E-state index is -0.217. The molecule has 1 heterocycles. The van der Waals surface area contributed by atoms with Gasteiger partial charge in [0.05, 0.1) is 19.8 Å². The van der Waals surface area contributed by atoms with Gasteiger partial charge in [-0.1, -0.05) is 29.8 Å². The first-order chi connectivity index (χ1) is 11.1. The van der Waals surface area contributed by atoms with Crippen LogP contribution in [-0.2, 0) is 17.9 Å². The number of rotatable bonds is 8. The molecule has 1 aromatic heterocycles. The van der Waals surface area contributed by atoms with E-state index >= 15 is 0 Å². The zero-order valence-corrected chi connectivity index (χ0v) is 13.8. The molecule has 0 aliphatic rings. The summed E-state index contributed by atoms with van der Waals surface area (Å²) in [5.74, 6) is 0. The van der Waals surface area contributed by atoms with E-state index in [1.54, 1.807) is 10.9 Å². The van der Waals surface area contributed by atoms with Gasteiger partial charge >= 0.3 is 6.03 Å². The van der Waals surface area contributed by atoms with Crippen LogP contribution in [0, 0.1) is 0 Å². The van der Waals surface area contributed by atoms with Gasteiger partial charge < -0.3 is 15.4 Å². The molecule has 0 aliphatic heterocycles. The maximum atomic E-state index is 11.7. The van der Waals surface area contributed by atoms with Crippen molar-refractivity contribution in [1.29, 1.82) is 0 Å². The number of hydrogen-bond acceptors (Lipinski definition) is 3. The smallest absolute Gasteiger partial charge is 0.315 e. The molecule has 124 valence electrons. The van der Waals surface area contributed by atoms with Gasteiger partial charge in [0, 0.05) is 30.0 Å². The Morgan fingerprint density at radius 1 is 1.39 bits per heavy atom. The molecule has 0 aliphatic carbocycles. The van der Waals surface area contributed by atoms with Crippen molar-refractivity contribution in [1.82, 2.24) is 20.4 Å². The van der Waals surface area contributed by atoms with E-state index in [1.807, 2.05) is 43.5 Å². The molecule has 0 radical (unpaired) electrons. The lowest BCUT2D eigenvalue weighted by molar-refractivity contribution is 0.123. The molecule has 0 fully saturated rings. The number of nitrogens with one attached hydrogen (secondary N) is 2. The molecule has 0 saturated carbocycles. The zero-order chi connectivity index (χ0) is 16.5. The third-order valence-corrected chi connectivity index (χ3v) is 3.51. The number of nitrogens with zero attached hydrogens (tertiary/aromatic N) is 2. The highest BCUT2D eigenvalue weighted by atomic mass is 35.5. The molecule has 0 spiro atoms. The topological polar surface area (TPSA) is 68.2 Å².